The first-order chi connectivity index (χ1) is 15.0. The Kier molecular flexibility index (Phi) is 5.45. The van der Waals surface area contributed by atoms with Gasteiger partial charge in [-0.3, -0.25) is 4.79 Å². The van der Waals surface area contributed by atoms with E-state index >= 15 is 0 Å². The third kappa shape index (κ3) is 3.88. The number of hydrogen-bond acceptors (Lipinski definition) is 6. The maximum Gasteiger partial charge on any atom is 0.337 e. The van der Waals surface area contributed by atoms with Gasteiger partial charge < -0.3 is 19.7 Å². The van der Waals surface area contributed by atoms with Crippen LogP contribution in [0.2, 0.25) is 0 Å². The summed E-state index contributed by atoms with van der Waals surface area (Å²) in [4.78, 5) is 22.3. The molecule has 31 heavy (non-hydrogen) atoms. The molecule has 0 aliphatic rings. The zero-order valence-electron chi connectivity index (χ0n) is 16.8. The van der Waals surface area contributed by atoms with Gasteiger partial charge in [-0.05, 0) is 57.4 Å². The van der Waals surface area contributed by atoms with Crippen LogP contribution in [0.1, 0.15) is 27.0 Å². The molecule has 4 rings (SSSR count). The largest absolute Gasteiger partial charge is 0.508 e. The van der Waals surface area contributed by atoms with Crippen LogP contribution in [-0.4, -0.2) is 29.8 Å². The number of rotatable bonds is 6. The maximum atomic E-state index is 11.9. The van der Waals surface area contributed by atoms with Crippen molar-refractivity contribution in [2.75, 3.05) is 7.11 Å². The van der Waals surface area contributed by atoms with Crippen LogP contribution in [0.4, 0.5) is 0 Å². The molecular formula is C25H20O6. The summed E-state index contributed by atoms with van der Waals surface area (Å²) in [6.07, 6.45) is 0.286. The lowest BCUT2D eigenvalue weighted by Crippen LogP contribution is -2.01. The summed E-state index contributed by atoms with van der Waals surface area (Å²) in [5.74, 6) is -0.213. The van der Waals surface area contributed by atoms with Crippen LogP contribution in [-0.2, 0) is 27.3 Å². The molecule has 0 amide bonds. The van der Waals surface area contributed by atoms with Gasteiger partial charge in [-0.2, -0.15) is 0 Å². The lowest BCUT2D eigenvalue weighted by Gasteiger charge is -2.14. The fraction of sp³-hybridized carbons (Fsp3) is 0.120. The minimum Gasteiger partial charge on any atom is -0.508 e. The summed E-state index contributed by atoms with van der Waals surface area (Å²) in [6, 6.07) is 17.5. The number of ether oxygens (including phenoxy) is 2. The summed E-state index contributed by atoms with van der Waals surface area (Å²) in [6.45, 7) is 0.573. The van der Waals surface area contributed by atoms with Crippen LogP contribution in [0.15, 0.2) is 60.7 Å². The van der Waals surface area contributed by atoms with E-state index in [9.17, 15) is 19.8 Å². The third-order valence-corrected chi connectivity index (χ3v) is 5.37. The molecule has 0 fully saturated rings. The van der Waals surface area contributed by atoms with Gasteiger partial charge in [-0.15, -0.1) is 0 Å². The average Bonchev–Trinajstić information content (AvgIpc) is 2.79. The van der Waals surface area contributed by atoms with Crippen LogP contribution < -0.4 is 0 Å². The highest BCUT2D eigenvalue weighted by Gasteiger charge is 2.15. The standard InChI is InChI=1S/C25H20O6/c1-30-25(29)18-3-7-20-17(11-18)5-9-24(28)22(20)12-21-19-6-2-15(13-31-14-26)10-16(19)4-8-23(21)27/h2-11,14,27-28H,12-13H2,1H3. The van der Waals surface area contributed by atoms with Gasteiger partial charge in [0.25, 0.3) is 6.47 Å². The van der Waals surface area contributed by atoms with Gasteiger partial charge in [0.15, 0.2) is 0 Å². The van der Waals surface area contributed by atoms with Gasteiger partial charge in [0.2, 0.25) is 0 Å². The zero-order valence-corrected chi connectivity index (χ0v) is 16.8. The lowest BCUT2D eigenvalue weighted by atomic mass is 9.92. The second kappa shape index (κ2) is 8.36. The van der Waals surface area contributed by atoms with Gasteiger partial charge in [0.1, 0.15) is 18.1 Å². The molecule has 0 bridgehead atoms. The zero-order chi connectivity index (χ0) is 22.0. The average molecular weight is 416 g/mol. The first kappa shape index (κ1) is 20.2. The van der Waals surface area contributed by atoms with Crippen molar-refractivity contribution in [3.63, 3.8) is 0 Å². The van der Waals surface area contributed by atoms with Crippen molar-refractivity contribution < 1.29 is 29.3 Å². The number of carbonyl (C=O) groups is 2. The quantitative estimate of drug-likeness (QED) is 0.356. The van der Waals surface area contributed by atoms with E-state index in [-0.39, 0.29) is 24.5 Å². The molecule has 0 aliphatic heterocycles. The first-order valence-corrected chi connectivity index (χ1v) is 9.63. The van der Waals surface area contributed by atoms with E-state index in [1.54, 1.807) is 42.5 Å². The fourth-order valence-electron chi connectivity index (χ4n) is 3.83. The van der Waals surface area contributed by atoms with Gasteiger partial charge >= 0.3 is 5.97 Å². The maximum absolute atomic E-state index is 11.9. The Morgan fingerprint density at radius 2 is 1.48 bits per heavy atom. The minimum absolute atomic E-state index is 0.103. The normalized spacial score (nSPS) is 10.9. The third-order valence-electron chi connectivity index (χ3n) is 5.37. The molecule has 2 N–H and O–H groups in total. The topological polar surface area (TPSA) is 93.1 Å². The number of benzene rings is 4. The van der Waals surface area contributed by atoms with Crippen LogP contribution in [0.5, 0.6) is 11.5 Å². The molecule has 0 saturated heterocycles. The molecule has 0 spiro atoms. The number of fused-ring (bicyclic) bond motifs is 2. The van der Waals surface area contributed by atoms with Gasteiger partial charge in [0.05, 0.1) is 12.7 Å². The molecule has 4 aromatic carbocycles. The van der Waals surface area contributed by atoms with Crippen molar-refractivity contribution in [3.8, 4) is 11.5 Å². The summed E-state index contributed by atoms with van der Waals surface area (Å²) < 4.78 is 9.60. The van der Waals surface area contributed by atoms with E-state index in [4.69, 9.17) is 9.47 Å². The molecule has 6 nitrogen and oxygen atoms in total. The molecule has 0 saturated carbocycles. The number of methoxy groups -OCH3 is 1. The van der Waals surface area contributed by atoms with Crippen molar-refractivity contribution in [2.24, 2.45) is 0 Å². The SMILES string of the molecule is COC(=O)c1ccc2c(Cc3c(O)ccc4cc(COC=O)ccc34)c(O)ccc2c1. The number of hydrogen-bond donors (Lipinski definition) is 2. The van der Waals surface area contributed by atoms with E-state index in [2.05, 4.69) is 0 Å². The van der Waals surface area contributed by atoms with Crippen molar-refractivity contribution in [1.29, 1.82) is 0 Å². The highest BCUT2D eigenvalue weighted by atomic mass is 16.5. The summed E-state index contributed by atoms with van der Waals surface area (Å²) in [7, 11) is 1.33. The molecule has 0 aromatic heterocycles. The molecule has 6 heteroatoms. The minimum atomic E-state index is -0.433. The molecule has 0 radical (unpaired) electrons. The second-order valence-electron chi connectivity index (χ2n) is 7.19. The van der Waals surface area contributed by atoms with Crippen molar-refractivity contribution in [1.82, 2.24) is 0 Å². The highest BCUT2D eigenvalue weighted by Crippen LogP contribution is 2.35. The molecule has 0 atom stereocenters. The van der Waals surface area contributed by atoms with E-state index in [0.29, 0.717) is 23.2 Å². The smallest absolute Gasteiger partial charge is 0.337 e. The Bertz CT molecular complexity index is 1310. The van der Waals surface area contributed by atoms with Gasteiger partial charge in [-0.25, -0.2) is 4.79 Å². The van der Waals surface area contributed by atoms with E-state index in [1.807, 2.05) is 18.2 Å². The van der Waals surface area contributed by atoms with E-state index in [1.165, 1.54) is 7.11 Å². The molecular weight excluding hydrogens is 396 g/mol. The number of carbonyl (C=O) groups excluding carboxylic acids is 2. The Labute approximate surface area is 178 Å². The number of esters is 1. The van der Waals surface area contributed by atoms with E-state index in [0.717, 1.165) is 27.1 Å². The predicted molar refractivity (Wildman–Crippen MR) is 116 cm³/mol. The summed E-state index contributed by atoms with van der Waals surface area (Å²) >= 11 is 0. The Balaban J connectivity index is 1.81. The summed E-state index contributed by atoms with van der Waals surface area (Å²) in [5.41, 5.74) is 2.56. The number of phenols is 2. The monoisotopic (exact) mass is 416 g/mol. The lowest BCUT2D eigenvalue weighted by molar-refractivity contribution is -0.129. The molecule has 4 aromatic rings. The number of aromatic hydroxyl groups is 2. The van der Waals surface area contributed by atoms with Crippen molar-refractivity contribution in [3.05, 3.63) is 82.9 Å². The predicted octanol–water partition coefficient (Wildman–Crippen LogP) is 4.45. The van der Waals surface area contributed by atoms with Gasteiger partial charge in [0, 0.05) is 17.5 Å². The Hall–Kier alpha value is -4.06. The van der Waals surface area contributed by atoms with Crippen LogP contribution in [0.3, 0.4) is 0 Å². The molecule has 156 valence electrons. The Morgan fingerprint density at radius 3 is 2.10 bits per heavy atom. The Morgan fingerprint density at radius 1 is 0.871 bits per heavy atom. The van der Waals surface area contributed by atoms with Crippen LogP contribution in [0, 0.1) is 0 Å². The fourth-order valence-corrected chi connectivity index (χ4v) is 3.83. The second-order valence-corrected chi connectivity index (χ2v) is 7.19. The highest BCUT2D eigenvalue weighted by molar-refractivity contribution is 5.97. The number of phenolic OH excluding ortho intramolecular Hbond substituents is 2. The van der Waals surface area contributed by atoms with Crippen LogP contribution in [0.25, 0.3) is 21.5 Å². The first-order valence-electron chi connectivity index (χ1n) is 9.63. The van der Waals surface area contributed by atoms with Crippen molar-refractivity contribution >= 4 is 34.0 Å². The van der Waals surface area contributed by atoms with Crippen LogP contribution >= 0.6 is 0 Å². The van der Waals surface area contributed by atoms with E-state index < -0.39 is 5.97 Å². The molecule has 0 aliphatic carbocycles. The molecule has 0 heterocycles. The van der Waals surface area contributed by atoms with Crippen molar-refractivity contribution in [2.45, 2.75) is 13.0 Å². The summed E-state index contributed by atoms with van der Waals surface area (Å²) in [5, 5.41) is 24.4. The van der Waals surface area contributed by atoms with Gasteiger partial charge in [-0.1, -0.05) is 30.3 Å². The molecule has 0 unspecified atom stereocenters.